The zero-order valence-electron chi connectivity index (χ0n) is 14.7. The quantitative estimate of drug-likeness (QED) is 0.863. The Morgan fingerprint density at radius 1 is 1.35 bits per heavy atom. The van der Waals surface area contributed by atoms with Crippen molar-refractivity contribution < 1.29 is 13.2 Å². The summed E-state index contributed by atoms with van der Waals surface area (Å²) in [6, 6.07) is 8.12. The van der Waals surface area contributed by atoms with Crippen molar-refractivity contribution in [2.45, 2.75) is 38.0 Å². The predicted octanol–water partition coefficient (Wildman–Crippen LogP) is 3.79. The molecule has 2 aromatic rings. The minimum atomic E-state index is -3.29. The average molecular weight is 389 g/mol. The van der Waals surface area contributed by atoms with E-state index in [-0.39, 0.29) is 16.6 Å². The Morgan fingerprint density at radius 2 is 2.04 bits per heavy atom. The van der Waals surface area contributed by atoms with E-state index >= 15 is 0 Å². The van der Waals surface area contributed by atoms with E-state index in [1.807, 2.05) is 0 Å². The number of nitriles is 1. The number of anilines is 1. The fourth-order valence-electron chi connectivity index (χ4n) is 3.11. The summed E-state index contributed by atoms with van der Waals surface area (Å²) in [6.45, 7) is 3.78. The second kappa shape index (κ2) is 7.22. The van der Waals surface area contributed by atoms with Crippen LogP contribution in [0.1, 0.15) is 46.6 Å². The van der Waals surface area contributed by atoms with Crippen LogP contribution in [0, 0.1) is 17.2 Å². The lowest BCUT2D eigenvalue weighted by Gasteiger charge is -2.17. The SMILES string of the molecule is CCS(=O)(=O)c1ccc(C(=O)Nc2sc3c(c2C#N)CC[C@H](C)C3)cc1. The first kappa shape index (κ1) is 18.6. The minimum Gasteiger partial charge on any atom is -0.312 e. The summed E-state index contributed by atoms with van der Waals surface area (Å²) in [5.74, 6) is 0.265. The number of carbonyl (C=O) groups is 1. The van der Waals surface area contributed by atoms with E-state index < -0.39 is 9.84 Å². The number of thiophene rings is 1. The maximum atomic E-state index is 12.5. The summed E-state index contributed by atoms with van der Waals surface area (Å²) in [4.78, 5) is 13.9. The van der Waals surface area contributed by atoms with Gasteiger partial charge in [0.1, 0.15) is 11.1 Å². The normalized spacial score (nSPS) is 16.6. The van der Waals surface area contributed by atoms with Crippen LogP contribution in [0.5, 0.6) is 0 Å². The molecular formula is C19H20N2O3S2. The lowest BCUT2D eigenvalue weighted by atomic mass is 9.88. The van der Waals surface area contributed by atoms with Gasteiger partial charge in [-0.05, 0) is 55.0 Å². The third-order valence-electron chi connectivity index (χ3n) is 4.71. The molecule has 1 aromatic carbocycles. The number of fused-ring (bicyclic) bond motifs is 1. The number of sulfone groups is 1. The van der Waals surface area contributed by atoms with Crippen LogP contribution in [-0.2, 0) is 22.7 Å². The highest BCUT2D eigenvalue weighted by atomic mass is 32.2. The van der Waals surface area contributed by atoms with Crippen molar-refractivity contribution in [1.82, 2.24) is 0 Å². The lowest BCUT2D eigenvalue weighted by molar-refractivity contribution is 0.102. The molecule has 1 aromatic heterocycles. The van der Waals surface area contributed by atoms with Crippen LogP contribution < -0.4 is 5.32 Å². The van der Waals surface area contributed by atoms with Gasteiger partial charge in [-0.15, -0.1) is 11.3 Å². The molecule has 136 valence electrons. The van der Waals surface area contributed by atoms with E-state index in [1.54, 1.807) is 6.92 Å². The molecule has 26 heavy (non-hydrogen) atoms. The maximum Gasteiger partial charge on any atom is 0.256 e. The Balaban J connectivity index is 1.84. The van der Waals surface area contributed by atoms with Gasteiger partial charge in [0.05, 0.1) is 16.2 Å². The van der Waals surface area contributed by atoms with Crippen molar-refractivity contribution in [3.8, 4) is 6.07 Å². The van der Waals surface area contributed by atoms with E-state index in [2.05, 4.69) is 18.3 Å². The monoisotopic (exact) mass is 388 g/mol. The molecule has 0 bridgehead atoms. The van der Waals surface area contributed by atoms with Gasteiger partial charge in [-0.25, -0.2) is 8.42 Å². The van der Waals surface area contributed by atoms with Crippen LogP contribution in [-0.4, -0.2) is 20.1 Å². The van der Waals surface area contributed by atoms with Crippen LogP contribution in [0.15, 0.2) is 29.2 Å². The first-order chi connectivity index (χ1) is 12.4. The Labute approximate surface area is 157 Å². The lowest BCUT2D eigenvalue weighted by Crippen LogP contribution is -2.12. The van der Waals surface area contributed by atoms with Gasteiger partial charge in [0.2, 0.25) is 0 Å². The van der Waals surface area contributed by atoms with Crippen LogP contribution in [0.4, 0.5) is 5.00 Å². The number of nitrogens with one attached hydrogen (secondary N) is 1. The number of amides is 1. The van der Waals surface area contributed by atoms with E-state index in [0.717, 1.165) is 24.8 Å². The summed E-state index contributed by atoms with van der Waals surface area (Å²) < 4.78 is 23.7. The topological polar surface area (TPSA) is 87.0 Å². The van der Waals surface area contributed by atoms with Gasteiger partial charge in [-0.3, -0.25) is 4.79 Å². The molecule has 5 nitrogen and oxygen atoms in total. The molecule has 0 saturated heterocycles. The van der Waals surface area contributed by atoms with Gasteiger partial charge in [0, 0.05) is 10.4 Å². The number of benzene rings is 1. The van der Waals surface area contributed by atoms with Gasteiger partial charge < -0.3 is 5.32 Å². The van der Waals surface area contributed by atoms with Gasteiger partial charge >= 0.3 is 0 Å². The maximum absolute atomic E-state index is 12.5. The van der Waals surface area contributed by atoms with Crippen molar-refractivity contribution >= 4 is 32.1 Å². The predicted molar refractivity (Wildman–Crippen MR) is 102 cm³/mol. The molecule has 1 heterocycles. The van der Waals surface area contributed by atoms with Crippen molar-refractivity contribution in [2.75, 3.05) is 11.1 Å². The van der Waals surface area contributed by atoms with Gasteiger partial charge in [-0.2, -0.15) is 5.26 Å². The summed E-state index contributed by atoms with van der Waals surface area (Å²) >= 11 is 1.47. The first-order valence-electron chi connectivity index (χ1n) is 8.54. The number of hydrogen-bond acceptors (Lipinski definition) is 5. The van der Waals surface area contributed by atoms with Gasteiger partial charge in [0.25, 0.3) is 5.91 Å². The molecule has 0 saturated carbocycles. The molecule has 1 aliphatic rings. The molecule has 3 rings (SSSR count). The third kappa shape index (κ3) is 3.53. The van der Waals surface area contributed by atoms with Crippen molar-refractivity contribution in [3.05, 3.63) is 45.8 Å². The Hall–Kier alpha value is -2.17. The van der Waals surface area contributed by atoms with Gasteiger partial charge in [0.15, 0.2) is 9.84 Å². The molecule has 1 N–H and O–H groups in total. The largest absolute Gasteiger partial charge is 0.312 e. The number of hydrogen-bond donors (Lipinski definition) is 1. The van der Waals surface area contributed by atoms with E-state index in [9.17, 15) is 18.5 Å². The summed E-state index contributed by atoms with van der Waals surface area (Å²) in [5, 5.41) is 12.9. The number of carbonyl (C=O) groups excluding carboxylic acids is 1. The Kier molecular flexibility index (Phi) is 5.17. The highest BCUT2D eigenvalue weighted by Gasteiger charge is 2.25. The Bertz CT molecular complexity index is 983. The summed E-state index contributed by atoms with van der Waals surface area (Å²) in [7, 11) is -3.29. The minimum absolute atomic E-state index is 0.0171. The standard InChI is InChI=1S/C19H20N2O3S2/c1-3-26(23,24)14-7-5-13(6-8-14)18(22)21-19-16(11-20)15-9-4-12(2)10-17(15)25-19/h5-8,12H,3-4,9-10H2,1-2H3,(H,21,22)/t12-/m0/s1. The third-order valence-corrected chi connectivity index (χ3v) is 7.63. The second-order valence-corrected chi connectivity index (χ2v) is 9.93. The molecule has 0 aliphatic heterocycles. The van der Waals surface area contributed by atoms with Crippen LogP contribution in [0.25, 0.3) is 0 Å². The highest BCUT2D eigenvalue weighted by Crippen LogP contribution is 2.39. The van der Waals surface area contributed by atoms with Crippen molar-refractivity contribution in [2.24, 2.45) is 5.92 Å². The molecule has 0 fully saturated rings. The van der Waals surface area contributed by atoms with E-state index in [0.29, 0.717) is 22.0 Å². The van der Waals surface area contributed by atoms with Gasteiger partial charge in [-0.1, -0.05) is 13.8 Å². The van der Waals surface area contributed by atoms with E-state index in [4.69, 9.17) is 0 Å². The van der Waals surface area contributed by atoms with E-state index in [1.165, 1.54) is 40.5 Å². The molecule has 1 atom stereocenters. The molecular weight excluding hydrogens is 368 g/mol. The smallest absolute Gasteiger partial charge is 0.256 e. The molecule has 0 radical (unpaired) electrons. The first-order valence-corrected chi connectivity index (χ1v) is 11.0. The Morgan fingerprint density at radius 3 is 2.65 bits per heavy atom. The zero-order chi connectivity index (χ0) is 18.9. The molecule has 0 unspecified atom stereocenters. The van der Waals surface area contributed by atoms with Crippen LogP contribution in [0.2, 0.25) is 0 Å². The number of rotatable bonds is 4. The van der Waals surface area contributed by atoms with Crippen LogP contribution in [0.3, 0.4) is 0 Å². The van der Waals surface area contributed by atoms with Crippen molar-refractivity contribution in [3.63, 3.8) is 0 Å². The zero-order valence-corrected chi connectivity index (χ0v) is 16.3. The molecule has 1 amide bonds. The second-order valence-electron chi connectivity index (χ2n) is 6.55. The molecule has 7 heteroatoms. The summed E-state index contributed by atoms with van der Waals surface area (Å²) in [5.41, 5.74) is 1.99. The number of nitrogens with zero attached hydrogens (tertiary/aromatic N) is 1. The van der Waals surface area contributed by atoms with Crippen LogP contribution >= 0.6 is 11.3 Å². The molecule has 0 spiro atoms. The molecule has 1 aliphatic carbocycles. The fraction of sp³-hybridized carbons (Fsp3) is 0.368. The fourth-order valence-corrected chi connectivity index (χ4v) is 5.35. The average Bonchev–Trinajstić information content (AvgIpc) is 2.97. The summed E-state index contributed by atoms with van der Waals surface area (Å²) in [6.07, 6.45) is 2.86. The van der Waals surface area contributed by atoms with Crippen molar-refractivity contribution in [1.29, 1.82) is 5.26 Å². The highest BCUT2D eigenvalue weighted by molar-refractivity contribution is 7.91.